The molecule has 1 aromatic carbocycles. The molecule has 3 rings (SSSR count). The van der Waals surface area contributed by atoms with E-state index >= 15 is 0 Å². The molecule has 1 aliphatic heterocycles. The van der Waals surface area contributed by atoms with Crippen LogP contribution < -0.4 is 5.32 Å². The largest absolute Gasteiger partial charge is 0.310 e. The molecule has 1 atom stereocenters. The van der Waals surface area contributed by atoms with Crippen molar-refractivity contribution in [1.82, 2.24) is 15.1 Å². The number of hydrogen-bond donors (Lipinski definition) is 1. The summed E-state index contributed by atoms with van der Waals surface area (Å²) < 4.78 is 2.13. The summed E-state index contributed by atoms with van der Waals surface area (Å²) in [5.74, 6) is 0. The van der Waals surface area contributed by atoms with Crippen LogP contribution in [-0.2, 0) is 13.0 Å². The van der Waals surface area contributed by atoms with Gasteiger partial charge in [-0.15, -0.1) is 0 Å². The summed E-state index contributed by atoms with van der Waals surface area (Å²) in [6.07, 6.45) is 3.53. The number of para-hydroxylation sites is 1. The Labute approximate surface area is 127 Å². The van der Waals surface area contributed by atoms with Gasteiger partial charge in [0.2, 0.25) is 0 Å². The number of hydrogen-bond acceptors (Lipinski definition) is 2. The van der Waals surface area contributed by atoms with Crippen LogP contribution in [0.4, 0.5) is 0 Å². The highest BCUT2D eigenvalue weighted by Crippen LogP contribution is 2.40. The van der Waals surface area contributed by atoms with Gasteiger partial charge < -0.3 is 5.32 Å². The van der Waals surface area contributed by atoms with Crippen molar-refractivity contribution < 1.29 is 0 Å². The molecule has 1 saturated heterocycles. The van der Waals surface area contributed by atoms with Crippen LogP contribution in [0.25, 0.3) is 10.9 Å². The van der Waals surface area contributed by atoms with Gasteiger partial charge in [0.1, 0.15) is 0 Å². The molecule has 21 heavy (non-hydrogen) atoms. The summed E-state index contributed by atoms with van der Waals surface area (Å²) >= 11 is 0. The Morgan fingerprint density at radius 2 is 2.05 bits per heavy atom. The predicted octanol–water partition coefficient (Wildman–Crippen LogP) is 3.77. The van der Waals surface area contributed by atoms with E-state index in [1.54, 1.807) is 0 Å². The first-order chi connectivity index (χ1) is 9.97. The molecule has 0 saturated carbocycles. The van der Waals surface area contributed by atoms with Crippen molar-refractivity contribution in [2.75, 3.05) is 6.54 Å². The highest BCUT2D eigenvalue weighted by Gasteiger charge is 2.44. The number of aryl methyl sites for hydroxylation is 1. The molecular weight excluding hydrogens is 258 g/mol. The van der Waals surface area contributed by atoms with E-state index in [4.69, 9.17) is 5.10 Å². The summed E-state index contributed by atoms with van der Waals surface area (Å²) in [4.78, 5) is 0. The van der Waals surface area contributed by atoms with Crippen LogP contribution in [0.5, 0.6) is 0 Å². The monoisotopic (exact) mass is 285 g/mol. The molecule has 0 spiro atoms. The minimum atomic E-state index is 0.169. The summed E-state index contributed by atoms with van der Waals surface area (Å²) in [6.45, 7) is 11.3. The maximum Gasteiger partial charge on any atom is 0.0721 e. The molecule has 0 amide bonds. The first-order valence-electron chi connectivity index (χ1n) is 8.16. The van der Waals surface area contributed by atoms with Crippen LogP contribution in [-0.4, -0.2) is 21.9 Å². The molecule has 0 aliphatic carbocycles. The van der Waals surface area contributed by atoms with Gasteiger partial charge in [-0.25, -0.2) is 0 Å². The number of benzene rings is 1. The Kier molecular flexibility index (Phi) is 3.56. The van der Waals surface area contributed by atoms with Gasteiger partial charge in [-0.05, 0) is 37.8 Å². The lowest BCUT2D eigenvalue weighted by molar-refractivity contribution is 0.158. The number of nitrogens with one attached hydrogen (secondary N) is 1. The maximum absolute atomic E-state index is 4.91. The van der Waals surface area contributed by atoms with Crippen molar-refractivity contribution >= 4 is 10.9 Å². The average molecular weight is 285 g/mol. The Morgan fingerprint density at radius 3 is 2.67 bits per heavy atom. The third-order valence-corrected chi connectivity index (χ3v) is 5.18. The smallest absolute Gasteiger partial charge is 0.0721 e. The summed E-state index contributed by atoms with van der Waals surface area (Å²) in [5.41, 5.74) is 2.91. The van der Waals surface area contributed by atoms with Crippen LogP contribution in [0.2, 0.25) is 0 Å². The topological polar surface area (TPSA) is 29.9 Å². The average Bonchev–Trinajstić information content (AvgIpc) is 3.05. The van der Waals surface area contributed by atoms with E-state index in [1.165, 1.54) is 29.4 Å². The standard InChI is InChI=1S/C18H27N3/c1-5-21-16-10-7-6-9-14(16)15(20-21)13-18(17(2,3)4)11-8-12-19-18/h6-7,9-10,19H,5,8,11-13H2,1-4H3. The normalized spacial score (nSPS) is 23.0. The zero-order valence-corrected chi connectivity index (χ0v) is 13.7. The van der Waals surface area contributed by atoms with Gasteiger partial charge >= 0.3 is 0 Å². The highest BCUT2D eigenvalue weighted by molar-refractivity contribution is 5.82. The molecule has 0 radical (unpaired) electrons. The summed E-state index contributed by atoms with van der Waals surface area (Å²) in [6, 6.07) is 8.63. The van der Waals surface area contributed by atoms with Crippen molar-refractivity contribution in [1.29, 1.82) is 0 Å². The Morgan fingerprint density at radius 1 is 1.29 bits per heavy atom. The zero-order valence-electron chi connectivity index (χ0n) is 13.7. The molecule has 114 valence electrons. The Hall–Kier alpha value is -1.35. The van der Waals surface area contributed by atoms with Gasteiger partial charge in [0.15, 0.2) is 0 Å². The van der Waals surface area contributed by atoms with Crippen molar-refractivity contribution in [2.24, 2.45) is 5.41 Å². The lowest BCUT2D eigenvalue weighted by Gasteiger charge is -2.42. The minimum Gasteiger partial charge on any atom is -0.310 e. The van der Waals surface area contributed by atoms with Gasteiger partial charge in [0.25, 0.3) is 0 Å². The van der Waals surface area contributed by atoms with Gasteiger partial charge in [-0.2, -0.15) is 5.10 Å². The van der Waals surface area contributed by atoms with E-state index in [2.05, 4.69) is 62.0 Å². The molecule has 1 aromatic heterocycles. The van der Waals surface area contributed by atoms with Crippen LogP contribution in [0.3, 0.4) is 0 Å². The number of fused-ring (bicyclic) bond motifs is 1. The minimum absolute atomic E-state index is 0.169. The Balaban J connectivity index is 2.05. The maximum atomic E-state index is 4.91. The van der Waals surface area contributed by atoms with E-state index in [1.807, 2.05) is 0 Å². The lowest BCUT2D eigenvalue weighted by Crippen LogP contribution is -2.52. The van der Waals surface area contributed by atoms with Crippen molar-refractivity contribution in [3.63, 3.8) is 0 Å². The van der Waals surface area contributed by atoms with Crippen molar-refractivity contribution in [3.05, 3.63) is 30.0 Å². The second-order valence-electron chi connectivity index (χ2n) is 7.32. The molecule has 2 aromatic rings. The lowest BCUT2D eigenvalue weighted by atomic mass is 9.70. The number of aromatic nitrogens is 2. The van der Waals surface area contributed by atoms with Crippen molar-refractivity contribution in [3.8, 4) is 0 Å². The van der Waals surface area contributed by atoms with E-state index in [0.29, 0.717) is 0 Å². The van der Waals surface area contributed by atoms with E-state index in [0.717, 1.165) is 19.5 Å². The van der Waals surface area contributed by atoms with Crippen LogP contribution >= 0.6 is 0 Å². The Bertz CT molecular complexity index is 627. The van der Waals surface area contributed by atoms with Crippen LogP contribution in [0.1, 0.15) is 46.2 Å². The SMILES string of the molecule is CCn1nc(CC2(C(C)(C)C)CCCN2)c2ccccc21. The fourth-order valence-electron chi connectivity index (χ4n) is 3.72. The first-order valence-corrected chi connectivity index (χ1v) is 8.16. The first kappa shape index (κ1) is 14.6. The highest BCUT2D eigenvalue weighted by atomic mass is 15.3. The van der Waals surface area contributed by atoms with Crippen LogP contribution in [0, 0.1) is 5.41 Å². The molecule has 2 heterocycles. The molecular formula is C18H27N3. The number of rotatable bonds is 3. The quantitative estimate of drug-likeness (QED) is 0.930. The molecule has 1 unspecified atom stereocenters. The summed E-state index contributed by atoms with van der Waals surface area (Å²) in [7, 11) is 0. The zero-order chi connectivity index (χ0) is 15.1. The van der Waals surface area contributed by atoms with E-state index in [-0.39, 0.29) is 11.0 Å². The predicted molar refractivity (Wildman–Crippen MR) is 88.5 cm³/mol. The van der Waals surface area contributed by atoms with E-state index < -0.39 is 0 Å². The molecule has 3 nitrogen and oxygen atoms in total. The molecule has 1 N–H and O–H groups in total. The fourth-order valence-corrected chi connectivity index (χ4v) is 3.72. The third-order valence-electron chi connectivity index (χ3n) is 5.18. The fraction of sp³-hybridized carbons (Fsp3) is 0.611. The van der Waals surface area contributed by atoms with Gasteiger partial charge in [0, 0.05) is 23.9 Å². The second-order valence-corrected chi connectivity index (χ2v) is 7.32. The van der Waals surface area contributed by atoms with Gasteiger partial charge in [-0.1, -0.05) is 39.0 Å². The van der Waals surface area contributed by atoms with Gasteiger partial charge in [0.05, 0.1) is 11.2 Å². The third kappa shape index (κ3) is 2.38. The number of nitrogens with zero attached hydrogens (tertiary/aromatic N) is 2. The molecule has 1 fully saturated rings. The molecule has 1 aliphatic rings. The van der Waals surface area contributed by atoms with E-state index in [9.17, 15) is 0 Å². The molecule has 0 bridgehead atoms. The second kappa shape index (κ2) is 5.13. The van der Waals surface area contributed by atoms with Gasteiger partial charge in [-0.3, -0.25) is 4.68 Å². The summed E-state index contributed by atoms with van der Waals surface area (Å²) in [5, 5.41) is 10.0. The van der Waals surface area contributed by atoms with Crippen LogP contribution in [0.15, 0.2) is 24.3 Å². The van der Waals surface area contributed by atoms with Crippen molar-refractivity contribution in [2.45, 2.75) is 59.0 Å². The molecule has 3 heteroatoms.